The third kappa shape index (κ3) is 1.93. The molecule has 0 spiro atoms. The van der Waals surface area contributed by atoms with E-state index in [4.69, 9.17) is 5.73 Å². The van der Waals surface area contributed by atoms with Gasteiger partial charge >= 0.3 is 0 Å². The highest BCUT2D eigenvalue weighted by Gasteiger charge is 2.50. The van der Waals surface area contributed by atoms with Crippen molar-refractivity contribution in [3.63, 3.8) is 0 Å². The third-order valence-electron chi connectivity index (χ3n) is 5.35. The summed E-state index contributed by atoms with van der Waals surface area (Å²) >= 11 is 2.11. The SMILES string of the molecule is CN(C1CCSC1)C1(CN)CN2CCC1CC2. The maximum absolute atomic E-state index is 6.22. The zero-order valence-corrected chi connectivity index (χ0v) is 11.7. The normalized spacial score (nSPS) is 45.7. The number of nitrogens with two attached hydrogens (primary N) is 1. The summed E-state index contributed by atoms with van der Waals surface area (Å²) in [7, 11) is 2.34. The Labute approximate surface area is 109 Å². The van der Waals surface area contributed by atoms with Gasteiger partial charge in [-0.15, -0.1) is 0 Å². The van der Waals surface area contributed by atoms with Gasteiger partial charge in [-0.25, -0.2) is 0 Å². The first-order valence-electron chi connectivity index (χ1n) is 6.99. The van der Waals surface area contributed by atoms with Gasteiger partial charge in [-0.1, -0.05) is 0 Å². The van der Waals surface area contributed by atoms with E-state index in [0.717, 1.165) is 18.5 Å². The van der Waals surface area contributed by atoms with E-state index in [0.29, 0.717) is 0 Å². The lowest BCUT2D eigenvalue weighted by atomic mass is 9.71. The number of hydrogen-bond acceptors (Lipinski definition) is 4. The summed E-state index contributed by atoms with van der Waals surface area (Å²) in [4.78, 5) is 5.30. The largest absolute Gasteiger partial charge is 0.329 e. The average molecular weight is 255 g/mol. The van der Waals surface area contributed by atoms with Crippen LogP contribution in [0, 0.1) is 5.92 Å². The Morgan fingerprint density at radius 2 is 2.12 bits per heavy atom. The van der Waals surface area contributed by atoms with Gasteiger partial charge in [0.15, 0.2) is 0 Å². The lowest BCUT2D eigenvalue weighted by Crippen LogP contribution is -2.70. The number of likely N-dealkylation sites (N-methyl/N-ethyl adjacent to an activating group) is 1. The molecule has 4 saturated heterocycles. The number of piperidine rings is 3. The number of rotatable bonds is 3. The van der Waals surface area contributed by atoms with E-state index in [1.54, 1.807) is 0 Å². The molecule has 4 fully saturated rings. The molecule has 3 nitrogen and oxygen atoms in total. The number of thioether (sulfide) groups is 1. The van der Waals surface area contributed by atoms with E-state index in [-0.39, 0.29) is 5.54 Å². The van der Waals surface area contributed by atoms with Crippen molar-refractivity contribution in [1.82, 2.24) is 9.80 Å². The second kappa shape index (κ2) is 4.72. The quantitative estimate of drug-likeness (QED) is 0.810. The fourth-order valence-corrected chi connectivity index (χ4v) is 5.38. The molecule has 0 aromatic carbocycles. The van der Waals surface area contributed by atoms with Gasteiger partial charge in [0.2, 0.25) is 0 Å². The van der Waals surface area contributed by atoms with E-state index in [2.05, 4.69) is 28.6 Å². The Morgan fingerprint density at radius 3 is 2.59 bits per heavy atom. The molecular weight excluding hydrogens is 230 g/mol. The van der Waals surface area contributed by atoms with Crippen LogP contribution in [0.15, 0.2) is 0 Å². The van der Waals surface area contributed by atoms with Crippen molar-refractivity contribution in [3.05, 3.63) is 0 Å². The molecular formula is C13H25N3S. The second-order valence-corrected chi connectivity index (χ2v) is 7.14. The van der Waals surface area contributed by atoms with Gasteiger partial charge in [0, 0.05) is 30.4 Å². The summed E-state index contributed by atoms with van der Waals surface area (Å²) in [6, 6.07) is 0.768. The molecule has 17 heavy (non-hydrogen) atoms. The first-order valence-corrected chi connectivity index (χ1v) is 8.15. The maximum atomic E-state index is 6.22. The Bertz CT molecular complexity index is 272. The van der Waals surface area contributed by atoms with Crippen LogP contribution in [0.25, 0.3) is 0 Å². The molecule has 98 valence electrons. The van der Waals surface area contributed by atoms with Crippen LogP contribution < -0.4 is 5.73 Å². The highest BCUT2D eigenvalue weighted by Crippen LogP contribution is 2.41. The minimum absolute atomic E-state index is 0.284. The van der Waals surface area contributed by atoms with Crippen LogP contribution in [0.4, 0.5) is 0 Å². The van der Waals surface area contributed by atoms with E-state index >= 15 is 0 Å². The summed E-state index contributed by atoms with van der Waals surface area (Å²) in [5.74, 6) is 3.49. The number of hydrogen-bond donors (Lipinski definition) is 1. The summed E-state index contributed by atoms with van der Waals surface area (Å²) in [5, 5.41) is 0. The molecule has 0 aromatic heterocycles. The van der Waals surface area contributed by atoms with E-state index < -0.39 is 0 Å². The van der Waals surface area contributed by atoms with Gasteiger partial charge in [-0.3, -0.25) is 4.90 Å². The highest BCUT2D eigenvalue weighted by atomic mass is 32.2. The van der Waals surface area contributed by atoms with E-state index in [1.807, 2.05) is 0 Å². The highest BCUT2D eigenvalue weighted by molar-refractivity contribution is 7.99. The molecule has 4 aliphatic heterocycles. The van der Waals surface area contributed by atoms with Crippen molar-refractivity contribution in [1.29, 1.82) is 0 Å². The Hall–Kier alpha value is 0.230. The first kappa shape index (κ1) is 12.3. The van der Waals surface area contributed by atoms with Gasteiger partial charge in [0.1, 0.15) is 0 Å². The molecule has 2 N–H and O–H groups in total. The maximum Gasteiger partial charge on any atom is 0.0487 e. The monoisotopic (exact) mass is 255 g/mol. The first-order chi connectivity index (χ1) is 8.26. The lowest BCUT2D eigenvalue weighted by Gasteiger charge is -2.58. The average Bonchev–Trinajstić information content (AvgIpc) is 2.92. The third-order valence-corrected chi connectivity index (χ3v) is 6.50. The van der Waals surface area contributed by atoms with Crippen LogP contribution in [-0.4, -0.2) is 66.1 Å². The van der Waals surface area contributed by atoms with Crippen LogP contribution in [-0.2, 0) is 0 Å². The van der Waals surface area contributed by atoms with Gasteiger partial charge in [-0.05, 0) is 51.1 Å². The van der Waals surface area contributed by atoms with Crippen LogP contribution in [0.5, 0.6) is 0 Å². The van der Waals surface area contributed by atoms with Crippen LogP contribution in [0.2, 0.25) is 0 Å². The van der Waals surface area contributed by atoms with Crippen molar-refractivity contribution >= 4 is 11.8 Å². The molecule has 2 atom stereocenters. The molecule has 4 aliphatic rings. The summed E-state index contributed by atoms with van der Waals surface area (Å²) in [6.07, 6.45) is 4.08. The van der Waals surface area contributed by atoms with Crippen molar-refractivity contribution in [2.75, 3.05) is 44.7 Å². The summed E-state index contributed by atoms with van der Waals surface area (Å²) in [6.45, 7) is 4.66. The zero-order valence-electron chi connectivity index (χ0n) is 10.9. The van der Waals surface area contributed by atoms with Crippen molar-refractivity contribution < 1.29 is 0 Å². The Balaban J connectivity index is 1.80. The van der Waals surface area contributed by atoms with E-state index in [9.17, 15) is 0 Å². The van der Waals surface area contributed by atoms with Gasteiger partial charge in [0.05, 0.1) is 0 Å². The van der Waals surface area contributed by atoms with Crippen LogP contribution in [0.1, 0.15) is 19.3 Å². The molecule has 0 saturated carbocycles. The molecule has 0 aromatic rings. The molecule has 0 amide bonds. The van der Waals surface area contributed by atoms with Gasteiger partial charge < -0.3 is 10.6 Å². The Morgan fingerprint density at radius 1 is 1.35 bits per heavy atom. The molecule has 2 bridgehead atoms. The molecule has 0 aliphatic carbocycles. The van der Waals surface area contributed by atoms with Crippen molar-refractivity contribution in [3.8, 4) is 0 Å². The Kier molecular flexibility index (Phi) is 3.41. The summed E-state index contributed by atoms with van der Waals surface area (Å²) < 4.78 is 0. The number of fused-ring (bicyclic) bond motifs is 3. The molecule has 4 rings (SSSR count). The van der Waals surface area contributed by atoms with Gasteiger partial charge in [0.25, 0.3) is 0 Å². The van der Waals surface area contributed by atoms with Gasteiger partial charge in [-0.2, -0.15) is 11.8 Å². The minimum atomic E-state index is 0.284. The summed E-state index contributed by atoms with van der Waals surface area (Å²) in [5.41, 5.74) is 6.50. The van der Waals surface area contributed by atoms with Crippen LogP contribution >= 0.6 is 11.8 Å². The standard InChI is InChI=1S/C13H25N3S/c1-15(12-4-7-17-8-12)13(9-14)10-16-5-2-11(13)3-6-16/h11-12H,2-10,14H2,1H3. The van der Waals surface area contributed by atoms with E-state index in [1.165, 1.54) is 50.4 Å². The lowest BCUT2D eigenvalue weighted by molar-refractivity contribution is -0.0691. The predicted molar refractivity (Wildman–Crippen MR) is 74.4 cm³/mol. The topological polar surface area (TPSA) is 32.5 Å². The molecule has 2 unspecified atom stereocenters. The zero-order chi connectivity index (χ0) is 11.9. The fraction of sp³-hybridized carbons (Fsp3) is 1.00. The van der Waals surface area contributed by atoms with Crippen molar-refractivity contribution in [2.45, 2.75) is 30.8 Å². The molecule has 4 heterocycles. The molecule has 0 radical (unpaired) electrons. The van der Waals surface area contributed by atoms with Crippen LogP contribution in [0.3, 0.4) is 0 Å². The molecule has 4 heteroatoms. The van der Waals surface area contributed by atoms with Crippen molar-refractivity contribution in [2.24, 2.45) is 11.7 Å². The fourth-order valence-electron chi connectivity index (χ4n) is 4.11. The minimum Gasteiger partial charge on any atom is -0.329 e. The predicted octanol–water partition coefficient (Wildman–Crippen LogP) is 0.847. The number of nitrogens with zero attached hydrogens (tertiary/aromatic N) is 2. The second-order valence-electron chi connectivity index (χ2n) is 5.99. The smallest absolute Gasteiger partial charge is 0.0487 e.